The van der Waals surface area contributed by atoms with Crippen molar-refractivity contribution in [3.8, 4) is 11.5 Å². The fourth-order valence-electron chi connectivity index (χ4n) is 1.61. The number of aromatic nitrogens is 2. The molecule has 0 saturated heterocycles. The van der Waals surface area contributed by atoms with Crippen molar-refractivity contribution in [2.75, 3.05) is 7.05 Å². The summed E-state index contributed by atoms with van der Waals surface area (Å²) in [6, 6.07) is 4.78. The largest absolute Gasteiger partial charge is 0.334 e. The number of nitrogens with one attached hydrogen (secondary N) is 1. The lowest BCUT2D eigenvalue weighted by atomic mass is 10.2. The van der Waals surface area contributed by atoms with E-state index >= 15 is 0 Å². The van der Waals surface area contributed by atoms with E-state index in [0.29, 0.717) is 23.7 Å². The highest BCUT2D eigenvalue weighted by Crippen LogP contribution is 2.28. The van der Waals surface area contributed by atoms with Crippen molar-refractivity contribution in [2.24, 2.45) is 0 Å². The summed E-state index contributed by atoms with van der Waals surface area (Å²) in [7, 11) is 1.86. The van der Waals surface area contributed by atoms with Crippen LogP contribution in [0.5, 0.6) is 0 Å². The van der Waals surface area contributed by atoms with Crippen LogP contribution in [0.2, 0.25) is 0 Å². The number of hydrogen-bond acceptors (Lipinski definition) is 6. The van der Waals surface area contributed by atoms with Crippen LogP contribution in [0.4, 0.5) is 5.69 Å². The number of hydrogen-bond donors (Lipinski definition) is 1. The molecule has 0 spiro atoms. The first-order valence-electron chi connectivity index (χ1n) is 5.95. The molecule has 0 aliphatic rings. The molecule has 0 aliphatic heterocycles. The van der Waals surface area contributed by atoms with E-state index in [1.807, 2.05) is 14.0 Å². The molecule has 2 aromatic rings. The second kappa shape index (κ2) is 7.66. The van der Waals surface area contributed by atoms with E-state index in [0.717, 1.165) is 3.57 Å². The SMILES string of the molecule is CNC(C)Cc1noc(-c2cc([N+](=O)[O-])ccc2I)n1.Cl. The summed E-state index contributed by atoms with van der Waals surface area (Å²) in [6.07, 6.45) is 0.630. The van der Waals surface area contributed by atoms with Crippen LogP contribution in [0.3, 0.4) is 0 Å². The molecule has 21 heavy (non-hydrogen) atoms. The Bertz CT molecular complexity index is 635. The fourth-order valence-corrected chi connectivity index (χ4v) is 2.18. The van der Waals surface area contributed by atoms with Crippen LogP contribution >= 0.6 is 35.0 Å². The summed E-state index contributed by atoms with van der Waals surface area (Å²) >= 11 is 2.08. The molecule has 1 atom stereocenters. The number of likely N-dealkylation sites (N-methyl/N-ethyl adjacent to an activating group) is 1. The van der Waals surface area contributed by atoms with Crippen molar-refractivity contribution < 1.29 is 9.45 Å². The summed E-state index contributed by atoms with van der Waals surface area (Å²) < 4.78 is 6.02. The van der Waals surface area contributed by atoms with Crippen molar-refractivity contribution in [3.63, 3.8) is 0 Å². The minimum atomic E-state index is -0.445. The summed E-state index contributed by atoms with van der Waals surface area (Å²) in [6.45, 7) is 2.01. The third-order valence-corrected chi connectivity index (χ3v) is 3.78. The Kier molecular flexibility index (Phi) is 6.49. The lowest BCUT2D eigenvalue weighted by Gasteiger charge is -2.04. The van der Waals surface area contributed by atoms with Gasteiger partial charge in [0.2, 0.25) is 0 Å². The summed E-state index contributed by atoms with van der Waals surface area (Å²) in [5, 5.41) is 17.8. The van der Waals surface area contributed by atoms with E-state index in [1.165, 1.54) is 12.1 Å². The minimum absolute atomic E-state index is 0. The van der Waals surface area contributed by atoms with Gasteiger partial charge in [-0.1, -0.05) is 5.16 Å². The molecule has 1 N–H and O–H groups in total. The number of rotatable bonds is 5. The third-order valence-electron chi connectivity index (χ3n) is 2.84. The standard InChI is InChI=1S/C12H13IN4O3.ClH/c1-7(14-2)5-11-15-12(20-16-11)9-6-8(17(18)19)3-4-10(9)13;/h3-4,6-7,14H,5H2,1-2H3;1H. The molecule has 0 fully saturated rings. The number of benzene rings is 1. The van der Waals surface area contributed by atoms with Gasteiger partial charge in [-0.3, -0.25) is 10.1 Å². The molecule has 1 heterocycles. The lowest BCUT2D eigenvalue weighted by molar-refractivity contribution is -0.384. The molecule has 7 nitrogen and oxygen atoms in total. The highest BCUT2D eigenvalue weighted by atomic mass is 127. The molecular weight excluding hydrogens is 411 g/mol. The van der Waals surface area contributed by atoms with Crippen LogP contribution in [0, 0.1) is 13.7 Å². The van der Waals surface area contributed by atoms with Gasteiger partial charge in [0.05, 0.1) is 10.5 Å². The van der Waals surface area contributed by atoms with Gasteiger partial charge in [0.15, 0.2) is 5.82 Å². The molecule has 114 valence electrons. The first-order chi connectivity index (χ1) is 9.51. The van der Waals surface area contributed by atoms with Crippen LogP contribution in [0.25, 0.3) is 11.5 Å². The van der Waals surface area contributed by atoms with E-state index in [2.05, 4.69) is 38.0 Å². The lowest BCUT2D eigenvalue weighted by Crippen LogP contribution is -2.24. The van der Waals surface area contributed by atoms with Crippen LogP contribution in [0.1, 0.15) is 12.7 Å². The van der Waals surface area contributed by atoms with Gasteiger partial charge < -0.3 is 9.84 Å². The number of non-ortho nitro benzene ring substituents is 1. The van der Waals surface area contributed by atoms with Gasteiger partial charge in [-0.25, -0.2) is 0 Å². The summed E-state index contributed by atoms with van der Waals surface area (Å²) in [5.41, 5.74) is 0.583. The average Bonchev–Trinajstić information content (AvgIpc) is 2.87. The highest BCUT2D eigenvalue weighted by molar-refractivity contribution is 14.1. The average molecular weight is 425 g/mol. The Morgan fingerprint density at radius 3 is 2.86 bits per heavy atom. The van der Waals surface area contributed by atoms with Crippen LogP contribution in [-0.4, -0.2) is 28.2 Å². The first kappa shape index (κ1) is 17.8. The quantitative estimate of drug-likeness (QED) is 0.451. The van der Waals surface area contributed by atoms with Gasteiger partial charge in [-0.15, -0.1) is 12.4 Å². The van der Waals surface area contributed by atoms with Crippen molar-refractivity contribution in [1.82, 2.24) is 15.5 Å². The van der Waals surface area contributed by atoms with Gasteiger partial charge in [0.1, 0.15) is 0 Å². The van der Waals surface area contributed by atoms with Gasteiger partial charge in [-0.2, -0.15) is 4.98 Å². The molecule has 1 unspecified atom stereocenters. The molecule has 0 radical (unpaired) electrons. The molecule has 2 rings (SSSR count). The van der Waals surface area contributed by atoms with E-state index in [9.17, 15) is 10.1 Å². The first-order valence-corrected chi connectivity index (χ1v) is 7.03. The summed E-state index contributed by atoms with van der Waals surface area (Å²) in [4.78, 5) is 14.7. The maximum absolute atomic E-state index is 10.8. The molecule has 1 aromatic carbocycles. The minimum Gasteiger partial charge on any atom is -0.334 e. The van der Waals surface area contributed by atoms with E-state index in [4.69, 9.17) is 4.52 Å². The Balaban J connectivity index is 0.00000220. The number of nitro benzene ring substituents is 1. The topological polar surface area (TPSA) is 94.1 Å². The van der Waals surface area contributed by atoms with Crippen molar-refractivity contribution in [2.45, 2.75) is 19.4 Å². The molecule has 9 heteroatoms. The van der Waals surface area contributed by atoms with Gasteiger partial charge in [-0.05, 0) is 42.6 Å². The molecule has 0 bridgehead atoms. The van der Waals surface area contributed by atoms with Gasteiger partial charge >= 0.3 is 0 Å². The molecule has 1 aromatic heterocycles. The Morgan fingerprint density at radius 1 is 1.52 bits per heavy atom. The normalized spacial score (nSPS) is 11.8. The maximum Gasteiger partial charge on any atom is 0.270 e. The van der Waals surface area contributed by atoms with Crippen LogP contribution < -0.4 is 5.32 Å². The fraction of sp³-hybridized carbons (Fsp3) is 0.333. The van der Waals surface area contributed by atoms with Crippen molar-refractivity contribution in [3.05, 3.63) is 37.7 Å². The monoisotopic (exact) mass is 424 g/mol. The molecule has 0 saturated carbocycles. The Labute approximate surface area is 141 Å². The van der Waals surface area contributed by atoms with E-state index in [1.54, 1.807) is 6.07 Å². The summed E-state index contributed by atoms with van der Waals surface area (Å²) in [5.74, 6) is 0.876. The Hall–Kier alpha value is -1.26. The number of nitrogens with zero attached hydrogens (tertiary/aromatic N) is 3. The zero-order valence-corrected chi connectivity index (χ0v) is 14.3. The van der Waals surface area contributed by atoms with Crippen molar-refractivity contribution in [1.29, 1.82) is 0 Å². The zero-order chi connectivity index (χ0) is 14.7. The van der Waals surface area contributed by atoms with Crippen LogP contribution in [0.15, 0.2) is 22.7 Å². The second-order valence-electron chi connectivity index (χ2n) is 4.33. The van der Waals surface area contributed by atoms with Crippen molar-refractivity contribution >= 4 is 40.7 Å². The van der Waals surface area contributed by atoms with E-state index < -0.39 is 4.92 Å². The maximum atomic E-state index is 10.8. The molecule has 0 amide bonds. The number of nitro groups is 1. The third kappa shape index (κ3) is 4.35. The highest BCUT2D eigenvalue weighted by Gasteiger charge is 2.17. The number of halogens is 2. The Morgan fingerprint density at radius 2 is 2.24 bits per heavy atom. The predicted octanol–water partition coefficient (Wildman–Crippen LogP) is 2.82. The predicted molar refractivity (Wildman–Crippen MR) is 88.6 cm³/mol. The second-order valence-corrected chi connectivity index (χ2v) is 5.49. The molecular formula is C12H14ClIN4O3. The van der Waals surface area contributed by atoms with E-state index in [-0.39, 0.29) is 24.1 Å². The van der Waals surface area contributed by atoms with Crippen LogP contribution in [-0.2, 0) is 6.42 Å². The smallest absolute Gasteiger partial charge is 0.270 e. The van der Waals surface area contributed by atoms with Gasteiger partial charge in [0.25, 0.3) is 11.6 Å². The van der Waals surface area contributed by atoms with Gasteiger partial charge in [0, 0.05) is 28.2 Å². The molecule has 0 aliphatic carbocycles. The zero-order valence-electron chi connectivity index (χ0n) is 11.4.